The molecule has 0 aromatic heterocycles. The van der Waals surface area contributed by atoms with Crippen LogP contribution in [0.15, 0.2) is 36.4 Å². The second-order valence-electron chi connectivity index (χ2n) is 3.99. The van der Waals surface area contributed by atoms with Gasteiger partial charge in [-0.25, -0.2) is 0 Å². The first-order chi connectivity index (χ1) is 9.15. The molecule has 0 saturated carbocycles. The summed E-state index contributed by atoms with van der Waals surface area (Å²) in [5.74, 6) is 1.31. The average Bonchev–Trinajstić information content (AvgIpc) is 2.86. The molecular weight excluding hydrogens is 270 g/mol. The lowest BCUT2D eigenvalue weighted by atomic mass is 10.0. The van der Waals surface area contributed by atoms with Crippen LogP contribution in [0.2, 0.25) is 5.02 Å². The van der Waals surface area contributed by atoms with Crippen molar-refractivity contribution in [3.05, 3.63) is 51.5 Å². The van der Waals surface area contributed by atoms with E-state index in [1.807, 2.05) is 6.07 Å². The first-order valence-corrected chi connectivity index (χ1v) is 5.87. The van der Waals surface area contributed by atoms with E-state index in [-0.39, 0.29) is 17.5 Å². The zero-order valence-electron chi connectivity index (χ0n) is 9.63. The molecule has 0 radical (unpaired) electrons. The van der Waals surface area contributed by atoms with E-state index < -0.39 is 4.92 Å². The number of fused-ring (bicyclic) bond motifs is 1. The van der Waals surface area contributed by atoms with Crippen molar-refractivity contribution in [1.29, 1.82) is 0 Å². The maximum Gasteiger partial charge on any atom is 0.288 e. The van der Waals surface area contributed by atoms with Crippen molar-refractivity contribution in [3.63, 3.8) is 0 Å². The van der Waals surface area contributed by atoms with Crippen LogP contribution < -0.4 is 9.47 Å². The average molecular weight is 278 g/mol. The number of ether oxygens (including phenoxy) is 2. The molecule has 1 aliphatic rings. The molecule has 19 heavy (non-hydrogen) atoms. The molecule has 1 aliphatic heterocycles. The molecule has 0 aliphatic carbocycles. The minimum atomic E-state index is -0.501. The first kappa shape index (κ1) is 11.8. The van der Waals surface area contributed by atoms with Crippen LogP contribution in [0.3, 0.4) is 0 Å². The number of nitrogens with zero attached hydrogens (tertiary/aromatic N) is 1. The monoisotopic (exact) mass is 277 g/mol. The van der Waals surface area contributed by atoms with E-state index in [1.54, 1.807) is 18.2 Å². The normalized spacial score (nSPS) is 12.5. The Morgan fingerprint density at radius 3 is 2.53 bits per heavy atom. The highest BCUT2D eigenvalue weighted by Gasteiger charge is 2.17. The molecule has 5 nitrogen and oxygen atoms in total. The molecule has 2 aromatic rings. The van der Waals surface area contributed by atoms with E-state index in [1.165, 1.54) is 12.1 Å². The van der Waals surface area contributed by atoms with Gasteiger partial charge in [0.15, 0.2) is 11.5 Å². The van der Waals surface area contributed by atoms with E-state index in [9.17, 15) is 10.1 Å². The minimum absolute atomic E-state index is 0.114. The predicted molar refractivity (Wildman–Crippen MR) is 69.7 cm³/mol. The Labute approximate surface area is 113 Å². The van der Waals surface area contributed by atoms with Crippen LogP contribution in [0.5, 0.6) is 11.5 Å². The molecule has 0 bridgehead atoms. The summed E-state index contributed by atoms with van der Waals surface area (Å²) < 4.78 is 10.5. The van der Waals surface area contributed by atoms with Crippen molar-refractivity contribution in [1.82, 2.24) is 0 Å². The lowest BCUT2D eigenvalue weighted by Gasteiger charge is -2.04. The molecule has 1 heterocycles. The Kier molecular flexibility index (Phi) is 2.76. The smallest absolute Gasteiger partial charge is 0.288 e. The third-order valence-electron chi connectivity index (χ3n) is 2.85. The van der Waals surface area contributed by atoms with Gasteiger partial charge in [-0.15, -0.1) is 0 Å². The summed E-state index contributed by atoms with van der Waals surface area (Å²) in [5, 5.41) is 11.0. The van der Waals surface area contributed by atoms with E-state index in [4.69, 9.17) is 21.1 Å². The number of benzene rings is 2. The molecule has 6 heteroatoms. The second kappa shape index (κ2) is 4.44. The van der Waals surface area contributed by atoms with E-state index in [2.05, 4.69) is 0 Å². The number of hydrogen-bond acceptors (Lipinski definition) is 4. The third-order valence-corrected chi connectivity index (χ3v) is 3.17. The molecule has 0 unspecified atom stereocenters. The molecule has 96 valence electrons. The van der Waals surface area contributed by atoms with Crippen LogP contribution in [0, 0.1) is 10.1 Å². The van der Waals surface area contributed by atoms with Gasteiger partial charge in [-0.1, -0.05) is 23.7 Å². The predicted octanol–water partition coefficient (Wildman–Crippen LogP) is 3.64. The molecule has 0 atom stereocenters. The van der Waals surface area contributed by atoms with E-state index in [0.29, 0.717) is 17.1 Å². The van der Waals surface area contributed by atoms with Crippen LogP contribution in [0.1, 0.15) is 0 Å². The van der Waals surface area contributed by atoms with E-state index in [0.717, 1.165) is 5.56 Å². The van der Waals surface area contributed by atoms with Gasteiger partial charge in [-0.2, -0.15) is 0 Å². The lowest BCUT2D eigenvalue weighted by molar-refractivity contribution is -0.384. The number of nitro benzene ring substituents is 1. The van der Waals surface area contributed by atoms with Crippen molar-refractivity contribution in [2.75, 3.05) is 6.79 Å². The topological polar surface area (TPSA) is 61.6 Å². The van der Waals surface area contributed by atoms with Crippen molar-refractivity contribution >= 4 is 17.3 Å². The molecule has 0 N–H and O–H groups in total. The Morgan fingerprint density at radius 1 is 1.05 bits per heavy atom. The quantitative estimate of drug-likeness (QED) is 0.621. The van der Waals surface area contributed by atoms with Crippen molar-refractivity contribution < 1.29 is 14.4 Å². The maximum absolute atomic E-state index is 10.9. The number of nitro groups is 1. The molecular formula is C13H8ClNO4. The molecule has 0 amide bonds. The maximum atomic E-state index is 10.9. The van der Waals surface area contributed by atoms with Crippen LogP contribution in [-0.2, 0) is 0 Å². The van der Waals surface area contributed by atoms with Crippen LogP contribution in [-0.4, -0.2) is 11.7 Å². The van der Waals surface area contributed by atoms with Gasteiger partial charge in [-0.05, 0) is 29.3 Å². The lowest BCUT2D eigenvalue weighted by Crippen LogP contribution is -1.92. The Morgan fingerprint density at radius 2 is 1.74 bits per heavy atom. The van der Waals surface area contributed by atoms with Crippen LogP contribution in [0.25, 0.3) is 11.1 Å². The Hall–Kier alpha value is -2.27. The summed E-state index contributed by atoms with van der Waals surface area (Å²) in [4.78, 5) is 10.4. The fourth-order valence-corrected chi connectivity index (χ4v) is 2.09. The molecule has 0 fully saturated rings. The van der Waals surface area contributed by atoms with Gasteiger partial charge in [0, 0.05) is 6.07 Å². The summed E-state index contributed by atoms with van der Waals surface area (Å²) in [7, 11) is 0. The highest BCUT2D eigenvalue weighted by atomic mass is 35.5. The highest BCUT2D eigenvalue weighted by Crippen LogP contribution is 2.37. The standard InChI is InChI=1S/C13H8ClNO4/c14-10-3-1-8(5-11(10)15(16)17)9-2-4-12-13(6-9)19-7-18-12/h1-6H,7H2. The van der Waals surface area contributed by atoms with Gasteiger partial charge in [0.25, 0.3) is 5.69 Å². The molecule has 3 rings (SSSR count). The van der Waals surface area contributed by atoms with Gasteiger partial charge >= 0.3 is 0 Å². The minimum Gasteiger partial charge on any atom is -0.454 e. The van der Waals surface area contributed by atoms with Crippen molar-refractivity contribution in [3.8, 4) is 22.6 Å². The fraction of sp³-hybridized carbons (Fsp3) is 0.0769. The highest BCUT2D eigenvalue weighted by molar-refractivity contribution is 6.32. The zero-order valence-corrected chi connectivity index (χ0v) is 10.4. The Balaban J connectivity index is 2.07. The fourth-order valence-electron chi connectivity index (χ4n) is 1.91. The van der Waals surface area contributed by atoms with Crippen LogP contribution >= 0.6 is 11.6 Å². The van der Waals surface area contributed by atoms with Gasteiger partial charge in [0.2, 0.25) is 6.79 Å². The van der Waals surface area contributed by atoms with E-state index >= 15 is 0 Å². The SMILES string of the molecule is O=[N+]([O-])c1cc(-c2ccc3c(c2)OCO3)ccc1Cl. The van der Waals surface area contributed by atoms with Gasteiger partial charge in [0.1, 0.15) is 5.02 Å². The number of hydrogen-bond donors (Lipinski definition) is 0. The summed E-state index contributed by atoms with van der Waals surface area (Å²) in [6.07, 6.45) is 0. The van der Waals surface area contributed by atoms with Gasteiger partial charge < -0.3 is 9.47 Å². The van der Waals surface area contributed by atoms with Crippen molar-refractivity contribution in [2.45, 2.75) is 0 Å². The summed E-state index contributed by atoms with van der Waals surface area (Å²) in [5.41, 5.74) is 1.40. The Bertz CT molecular complexity index is 672. The summed E-state index contributed by atoms with van der Waals surface area (Å²) >= 11 is 5.79. The van der Waals surface area contributed by atoms with Gasteiger partial charge in [0.05, 0.1) is 4.92 Å². The second-order valence-corrected chi connectivity index (χ2v) is 4.40. The van der Waals surface area contributed by atoms with Crippen molar-refractivity contribution in [2.24, 2.45) is 0 Å². The molecule has 0 saturated heterocycles. The molecule has 2 aromatic carbocycles. The number of rotatable bonds is 2. The summed E-state index contributed by atoms with van der Waals surface area (Å²) in [6.45, 7) is 0.194. The molecule has 0 spiro atoms. The number of halogens is 1. The zero-order chi connectivity index (χ0) is 13.4. The summed E-state index contributed by atoms with van der Waals surface area (Å²) in [6, 6.07) is 10.1. The third kappa shape index (κ3) is 2.08. The first-order valence-electron chi connectivity index (χ1n) is 5.49. The van der Waals surface area contributed by atoms with Crippen LogP contribution in [0.4, 0.5) is 5.69 Å². The largest absolute Gasteiger partial charge is 0.454 e. The van der Waals surface area contributed by atoms with Gasteiger partial charge in [-0.3, -0.25) is 10.1 Å².